The Balaban J connectivity index is 1.76. The maximum Gasteiger partial charge on any atom is 0.121 e. The van der Waals surface area contributed by atoms with E-state index in [1.54, 1.807) is 0 Å². The van der Waals surface area contributed by atoms with Crippen LogP contribution in [0, 0.1) is 12.8 Å². The average molecular weight is 241 g/mol. The van der Waals surface area contributed by atoms with Crippen molar-refractivity contribution in [3.05, 3.63) is 59.5 Å². The molecule has 0 saturated heterocycles. The minimum Gasteiger partial charge on any atom is -0.465 e. The fraction of sp³-hybridized carbons (Fsp3) is 0.375. The van der Waals surface area contributed by atoms with E-state index >= 15 is 0 Å². The van der Waals surface area contributed by atoms with Crippen molar-refractivity contribution < 1.29 is 4.42 Å². The topological polar surface area (TPSA) is 25.2 Å². The van der Waals surface area contributed by atoms with Gasteiger partial charge in [-0.1, -0.05) is 30.3 Å². The second kappa shape index (κ2) is 4.62. The quantitative estimate of drug-likeness (QED) is 0.883. The van der Waals surface area contributed by atoms with Crippen LogP contribution >= 0.6 is 0 Å². The van der Waals surface area contributed by atoms with Gasteiger partial charge in [-0.15, -0.1) is 0 Å². The maximum absolute atomic E-state index is 5.76. The Labute approximate surface area is 108 Å². The van der Waals surface area contributed by atoms with Gasteiger partial charge in [0.2, 0.25) is 0 Å². The molecule has 3 unspecified atom stereocenters. The lowest BCUT2D eigenvalue weighted by Gasteiger charge is -2.13. The molecular weight excluding hydrogens is 222 g/mol. The van der Waals surface area contributed by atoms with Crippen molar-refractivity contribution in [1.82, 2.24) is 5.32 Å². The molecule has 1 aromatic heterocycles. The van der Waals surface area contributed by atoms with E-state index in [-0.39, 0.29) is 0 Å². The molecule has 0 spiro atoms. The molecule has 1 aliphatic rings. The van der Waals surface area contributed by atoms with Crippen LogP contribution in [-0.4, -0.2) is 7.05 Å². The summed E-state index contributed by atoms with van der Waals surface area (Å²) in [4.78, 5) is 0. The smallest absolute Gasteiger partial charge is 0.121 e. The third-order valence-corrected chi connectivity index (χ3v) is 3.87. The van der Waals surface area contributed by atoms with E-state index in [0.29, 0.717) is 17.9 Å². The highest BCUT2D eigenvalue weighted by molar-refractivity contribution is 5.28. The molecule has 0 aliphatic heterocycles. The van der Waals surface area contributed by atoms with Gasteiger partial charge in [0.15, 0.2) is 0 Å². The minimum absolute atomic E-state index is 0.337. The van der Waals surface area contributed by atoms with Crippen LogP contribution in [0.5, 0.6) is 0 Å². The number of nitrogens with one attached hydrogen (secondary N) is 1. The zero-order chi connectivity index (χ0) is 12.5. The molecule has 0 amide bonds. The van der Waals surface area contributed by atoms with E-state index < -0.39 is 0 Å². The van der Waals surface area contributed by atoms with Crippen LogP contribution in [0.15, 0.2) is 46.9 Å². The summed E-state index contributed by atoms with van der Waals surface area (Å²) in [5.74, 6) is 3.39. The Morgan fingerprint density at radius 3 is 2.56 bits per heavy atom. The summed E-state index contributed by atoms with van der Waals surface area (Å²) < 4.78 is 5.76. The molecule has 3 atom stereocenters. The first-order valence-electron chi connectivity index (χ1n) is 6.58. The monoisotopic (exact) mass is 241 g/mol. The van der Waals surface area contributed by atoms with Crippen molar-refractivity contribution in [3.63, 3.8) is 0 Å². The molecule has 3 rings (SSSR count). The SMILES string of the molecule is CNC(c1ccc(C)o1)C1CC1c1ccccc1. The first-order chi connectivity index (χ1) is 8.79. The molecule has 94 valence electrons. The second-order valence-electron chi connectivity index (χ2n) is 5.13. The summed E-state index contributed by atoms with van der Waals surface area (Å²) in [5.41, 5.74) is 1.45. The van der Waals surface area contributed by atoms with Crippen molar-refractivity contribution in [2.45, 2.75) is 25.3 Å². The Morgan fingerprint density at radius 2 is 1.94 bits per heavy atom. The molecule has 1 aliphatic carbocycles. The van der Waals surface area contributed by atoms with Crippen LogP contribution in [0.3, 0.4) is 0 Å². The van der Waals surface area contributed by atoms with E-state index in [0.717, 1.165) is 11.5 Å². The number of hydrogen-bond donors (Lipinski definition) is 1. The number of furan rings is 1. The van der Waals surface area contributed by atoms with Gasteiger partial charge in [-0.3, -0.25) is 0 Å². The van der Waals surface area contributed by atoms with E-state index in [4.69, 9.17) is 4.42 Å². The van der Waals surface area contributed by atoms with Crippen LogP contribution in [-0.2, 0) is 0 Å². The summed E-state index contributed by atoms with van der Waals surface area (Å²) in [6.07, 6.45) is 1.25. The zero-order valence-corrected chi connectivity index (χ0v) is 10.9. The molecule has 18 heavy (non-hydrogen) atoms. The lowest BCUT2D eigenvalue weighted by molar-refractivity contribution is 0.387. The van der Waals surface area contributed by atoms with Gasteiger partial charge in [0.25, 0.3) is 0 Å². The standard InChI is InChI=1S/C16H19NO/c1-11-8-9-15(18-11)16(17-2)14-10-13(14)12-6-4-3-5-7-12/h3-9,13-14,16-17H,10H2,1-2H3. The first kappa shape index (κ1) is 11.5. The van der Waals surface area contributed by atoms with Crippen LogP contribution in [0.1, 0.15) is 35.5 Å². The van der Waals surface area contributed by atoms with E-state index in [2.05, 4.69) is 41.7 Å². The molecule has 2 heteroatoms. The predicted octanol–water partition coefficient (Wildman–Crippen LogP) is 3.65. The summed E-state index contributed by atoms with van der Waals surface area (Å²) in [6, 6.07) is 15.2. The third kappa shape index (κ3) is 2.08. The zero-order valence-electron chi connectivity index (χ0n) is 10.9. The Morgan fingerprint density at radius 1 is 1.17 bits per heavy atom. The van der Waals surface area contributed by atoms with Crippen molar-refractivity contribution >= 4 is 0 Å². The highest BCUT2D eigenvalue weighted by atomic mass is 16.3. The summed E-state index contributed by atoms with van der Waals surface area (Å²) in [7, 11) is 2.02. The Bertz CT molecular complexity index is 517. The van der Waals surface area contributed by atoms with Gasteiger partial charge in [-0.25, -0.2) is 0 Å². The van der Waals surface area contributed by atoms with E-state index in [9.17, 15) is 0 Å². The Kier molecular flexibility index (Phi) is 2.96. The average Bonchev–Trinajstić information content (AvgIpc) is 3.07. The predicted molar refractivity (Wildman–Crippen MR) is 72.5 cm³/mol. The molecule has 1 aromatic carbocycles. The van der Waals surface area contributed by atoms with Gasteiger partial charge in [0.05, 0.1) is 6.04 Å². The van der Waals surface area contributed by atoms with Crippen molar-refractivity contribution in [1.29, 1.82) is 0 Å². The van der Waals surface area contributed by atoms with E-state index in [1.165, 1.54) is 12.0 Å². The van der Waals surface area contributed by atoms with Crippen LogP contribution < -0.4 is 5.32 Å². The summed E-state index contributed by atoms with van der Waals surface area (Å²) in [5, 5.41) is 3.40. The number of hydrogen-bond acceptors (Lipinski definition) is 2. The van der Waals surface area contributed by atoms with Crippen LogP contribution in [0.4, 0.5) is 0 Å². The lowest BCUT2D eigenvalue weighted by atomic mass is 10.0. The fourth-order valence-electron chi connectivity index (χ4n) is 2.85. The normalized spacial score (nSPS) is 23.9. The van der Waals surface area contributed by atoms with E-state index in [1.807, 2.05) is 20.0 Å². The van der Waals surface area contributed by atoms with Gasteiger partial charge in [0, 0.05) is 0 Å². The molecule has 2 aromatic rings. The largest absolute Gasteiger partial charge is 0.465 e. The van der Waals surface area contributed by atoms with Gasteiger partial charge in [-0.05, 0) is 49.9 Å². The molecule has 0 bridgehead atoms. The van der Waals surface area contributed by atoms with Gasteiger partial charge < -0.3 is 9.73 Å². The van der Waals surface area contributed by atoms with Crippen LogP contribution in [0.25, 0.3) is 0 Å². The summed E-state index contributed by atoms with van der Waals surface area (Å²) >= 11 is 0. The minimum atomic E-state index is 0.337. The van der Waals surface area contributed by atoms with Crippen molar-refractivity contribution in [2.75, 3.05) is 7.05 Å². The summed E-state index contributed by atoms with van der Waals surface area (Å²) in [6.45, 7) is 2.00. The second-order valence-corrected chi connectivity index (χ2v) is 5.13. The van der Waals surface area contributed by atoms with Gasteiger partial charge in [-0.2, -0.15) is 0 Å². The molecule has 2 nitrogen and oxygen atoms in total. The number of benzene rings is 1. The van der Waals surface area contributed by atoms with Gasteiger partial charge >= 0.3 is 0 Å². The Hall–Kier alpha value is -1.54. The van der Waals surface area contributed by atoms with Crippen molar-refractivity contribution in [2.24, 2.45) is 5.92 Å². The molecular formula is C16H19NO. The van der Waals surface area contributed by atoms with Gasteiger partial charge in [0.1, 0.15) is 11.5 Å². The molecule has 1 heterocycles. The molecule has 1 N–H and O–H groups in total. The van der Waals surface area contributed by atoms with Crippen LogP contribution in [0.2, 0.25) is 0 Å². The van der Waals surface area contributed by atoms with Crippen molar-refractivity contribution in [3.8, 4) is 0 Å². The number of aryl methyl sites for hydroxylation is 1. The molecule has 0 radical (unpaired) electrons. The lowest BCUT2D eigenvalue weighted by Crippen LogP contribution is -2.18. The first-order valence-corrected chi connectivity index (χ1v) is 6.58. The third-order valence-electron chi connectivity index (χ3n) is 3.87. The molecule has 1 fully saturated rings. The highest BCUT2D eigenvalue weighted by Crippen LogP contribution is 2.54. The maximum atomic E-state index is 5.76. The number of rotatable bonds is 4. The highest BCUT2D eigenvalue weighted by Gasteiger charge is 2.44. The fourth-order valence-corrected chi connectivity index (χ4v) is 2.85. The molecule has 1 saturated carbocycles.